The number of hydrogen-bond donors (Lipinski definition) is 0. The summed E-state index contributed by atoms with van der Waals surface area (Å²) in [5.74, 6) is 0.699. The molecule has 0 aliphatic carbocycles. The Kier molecular flexibility index (Phi) is 6.89. The van der Waals surface area contributed by atoms with E-state index in [-0.39, 0.29) is 23.7 Å². The lowest BCUT2D eigenvalue weighted by molar-refractivity contribution is 0.0982. The molecule has 0 aliphatic heterocycles. The van der Waals surface area contributed by atoms with Crippen LogP contribution in [0.3, 0.4) is 0 Å². The zero-order valence-corrected chi connectivity index (χ0v) is 14.3. The van der Waals surface area contributed by atoms with Gasteiger partial charge in [-0.1, -0.05) is 41.9 Å². The van der Waals surface area contributed by atoms with Crippen molar-refractivity contribution in [2.45, 2.75) is 33.1 Å². The molecule has 0 saturated carbocycles. The van der Waals surface area contributed by atoms with E-state index < -0.39 is 9.84 Å². The van der Waals surface area contributed by atoms with Crippen LogP contribution in [0.1, 0.15) is 43.5 Å². The first kappa shape index (κ1) is 17.4. The molecule has 5 heteroatoms. The molecule has 0 aliphatic rings. The number of carbonyl (C=O) groups is 1. The van der Waals surface area contributed by atoms with Gasteiger partial charge in [0.25, 0.3) is 0 Å². The van der Waals surface area contributed by atoms with Gasteiger partial charge >= 0.3 is 0 Å². The highest BCUT2D eigenvalue weighted by Crippen LogP contribution is 2.13. The summed E-state index contributed by atoms with van der Waals surface area (Å²) in [6.45, 7) is 4.01. The molecule has 0 saturated heterocycles. The van der Waals surface area contributed by atoms with Gasteiger partial charge in [-0.25, -0.2) is 8.42 Å². The largest absolute Gasteiger partial charge is 0.294 e. The molecule has 0 radical (unpaired) electrons. The van der Waals surface area contributed by atoms with Crippen molar-refractivity contribution in [3.8, 4) is 0 Å². The molecule has 0 heterocycles. The van der Waals surface area contributed by atoms with E-state index in [1.807, 2.05) is 26.0 Å². The van der Waals surface area contributed by atoms with Gasteiger partial charge in [0.1, 0.15) is 9.84 Å². The molecule has 1 aromatic carbocycles. The van der Waals surface area contributed by atoms with E-state index in [1.54, 1.807) is 12.1 Å². The van der Waals surface area contributed by atoms with Gasteiger partial charge in [0, 0.05) is 16.5 Å². The molecule has 0 spiro atoms. The van der Waals surface area contributed by atoms with Crippen molar-refractivity contribution in [3.05, 3.63) is 34.3 Å². The third-order valence-electron chi connectivity index (χ3n) is 3.03. The van der Waals surface area contributed by atoms with E-state index in [1.165, 1.54) is 0 Å². The van der Waals surface area contributed by atoms with E-state index in [2.05, 4.69) is 15.9 Å². The zero-order valence-electron chi connectivity index (χ0n) is 11.9. The zero-order chi connectivity index (χ0) is 15.2. The van der Waals surface area contributed by atoms with Crippen LogP contribution < -0.4 is 0 Å². The maximum atomic E-state index is 11.9. The second kappa shape index (κ2) is 7.93. The van der Waals surface area contributed by atoms with Crippen molar-refractivity contribution < 1.29 is 13.2 Å². The van der Waals surface area contributed by atoms with Crippen LogP contribution in [0.4, 0.5) is 0 Å². The quantitative estimate of drug-likeness (QED) is 0.661. The van der Waals surface area contributed by atoms with Crippen LogP contribution in [0, 0.1) is 5.92 Å². The molecule has 20 heavy (non-hydrogen) atoms. The molecule has 0 N–H and O–H groups in total. The fourth-order valence-corrected chi connectivity index (χ4v) is 3.63. The van der Waals surface area contributed by atoms with Gasteiger partial charge < -0.3 is 0 Å². The lowest BCUT2D eigenvalue weighted by Gasteiger charge is -2.06. The smallest absolute Gasteiger partial charge is 0.162 e. The average Bonchev–Trinajstić information content (AvgIpc) is 2.37. The summed E-state index contributed by atoms with van der Waals surface area (Å²) >= 11 is 3.31. The first-order chi connectivity index (χ1) is 9.30. The predicted octanol–water partition coefficient (Wildman–Crippen LogP) is 3.87. The predicted molar refractivity (Wildman–Crippen MR) is 85.8 cm³/mol. The molecule has 1 rings (SSSR count). The molecule has 0 fully saturated rings. The van der Waals surface area contributed by atoms with Gasteiger partial charge in [0.05, 0.1) is 11.5 Å². The maximum Gasteiger partial charge on any atom is 0.162 e. The molecule has 0 bridgehead atoms. The fourth-order valence-electron chi connectivity index (χ4n) is 1.75. The third kappa shape index (κ3) is 6.66. The van der Waals surface area contributed by atoms with E-state index in [4.69, 9.17) is 0 Å². The summed E-state index contributed by atoms with van der Waals surface area (Å²) in [5, 5.41) is 0. The Morgan fingerprint density at radius 3 is 2.30 bits per heavy atom. The van der Waals surface area contributed by atoms with Gasteiger partial charge in [-0.05, 0) is 30.9 Å². The molecule has 0 atom stereocenters. The Morgan fingerprint density at radius 2 is 1.75 bits per heavy atom. The molecule has 112 valence electrons. The van der Waals surface area contributed by atoms with Gasteiger partial charge in [-0.2, -0.15) is 0 Å². The number of carbonyl (C=O) groups excluding carboxylic acids is 1. The number of rotatable bonds is 8. The van der Waals surface area contributed by atoms with Crippen LogP contribution in [0.5, 0.6) is 0 Å². The Balaban J connectivity index is 2.40. The van der Waals surface area contributed by atoms with Crippen molar-refractivity contribution in [1.82, 2.24) is 0 Å². The Hall–Kier alpha value is -0.680. The van der Waals surface area contributed by atoms with E-state index >= 15 is 0 Å². The number of halogens is 1. The number of Topliss-reactive ketones (excluding diaryl/α,β-unsaturated/α-hetero) is 1. The molecule has 0 aromatic heterocycles. The lowest BCUT2D eigenvalue weighted by atomic mass is 10.1. The second-order valence-electron chi connectivity index (χ2n) is 5.37. The van der Waals surface area contributed by atoms with Crippen molar-refractivity contribution in [3.63, 3.8) is 0 Å². The van der Waals surface area contributed by atoms with Gasteiger partial charge in [0.15, 0.2) is 5.78 Å². The number of sulfone groups is 1. The van der Waals surface area contributed by atoms with E-state index in [0.717, 1.165) is 4.47 Å². The first-order valence-corrected chi connectivity index (χ1v) is 9.41. The molecule has 0 unspecified atom stereocenters. The van der Waals surface area contributed by atoms with Crippen LogP contribution in [0.2, 0.25) is 0 Å². The standard InChI is InChI=1S/C15H21BrO3S/c1-12(2)9-11-20(18,19)10-3-4-15(17)13-5-7-14(16)8-6-13/h5-8,12H,3-4,9-11H2,1-2H3. The van der Waals surface area contributed by atoms with Gasteiger partial charge in [0.2, 0.25) is 0 Å². The summed E-state index contributed by atoms with van der Waals surface area (Å²) in [4.78, 5) is 11.9. The minimum atomic E-state index is -3.02. The normalized spacial score (nSPS) is 11.8. The number of ketones is 1. The van der Waals surface area contributed by atoms with E-state index in [0.29, 0.717) is 24.3 Å². The van der Waals surface area contributed by atoms with Crippen LogP contribution >= 0.6 is 15.9 Å². The highest BCUT2D eigenvalue weighted by Gasteiger charge is 2.13. The highest BCUT2D eigenvalue weighted by atomic mass is 79.9. The Morgan fingerprint density at radius 1 is 1.15 bits per heavy atom. The monoisotopic (exact) mass is 360 g/mol. The lowest BCUT2D eigenvalue weighted by Crippen LogP contribution is -2.14. The maximum absolute atomic E-state index is 11.9. The third-order valence-corrected chi connectivity index (χ3v) is 5.33. The van der Waals surface area contributed by atoms with Crippen molar-refractivity contribution in [1.29, 1.82) is 0 Å². The van der Waals surface area contributed by atoms with E-state index in [9.17, 15) is 13.2 Å². The molecule has 3 nitrogen and oxygen atoms in total. The topological polar surface area (TPSA) is 51.2 Å². The summed E-state index contributed by atoms with van der Waals surface area (Å²) < 4.78 is 24.5. The van der Waals surface area contributed by atoms with Crippen LogP contribution in [0.25, 0.3) is 0 Å². The molecular weight excluding hydrogens is 340 g/mol. The number of hydrogen-bond acceptors (Lipinski definition) is 3. The van der Waals surface area contributed by atoms with Crippen molar-refractivity contribution in [2.75, 3.05) is 11.5 Å². The Labute approximate surface area is 129 Å². The Bertz CT molecular complexity index is 533. The van der Waals surface area contributed by atoms with Crippen molar-refractivity contribution in [2.24, 2.45) is 5.92 Å². The summed E-state index contributed by atoms with van der Waals surface area (Å²) in [6.07, 6.45) is 1.36. The fraction of sp³-hybridized carbons (Fsp3) is 0.533. The second-order valence-corrected chi connectivity index (χ2v) is 8.59. The van der Waals surface area contributed by atoms with Crippen molar-refractivity contribution >= 4 is 31.6 Å². The SMILES string of the molecule is CC(C)CCS(=O)(=O)CCCC(=O)c1ccc(Br)cc1. The summed E-state index contributed by atoms with van der Waals surface area (Å²) in [6, 6.07) is 7.12. The number of benzene rings is 1. The average molecular weight is 361 g/mol. The molecule has 0 amide bonds. The minimum absolute atomic E-state index is 0.00319. The highest BCUT2D eigenvalue weighted by molar-refractivity contribution is 9.10. The molecular formula is C15H21BrO3S. The van der Waals surface area contributed by atoms with Crippen LogP contribution in [-0.4, -0.2) is 25.7 Å². The van der Waals surface area contributed by atoms with Gasteiger partial charge in [-0.3, -0.25) is 4.79 Å². The summed E-state index contributed by atoms with van der Waals surface area (Å²) in [7, 11) is -3.02. The van der Waals surface area contributed by atoms with Crippen LogP contribution in [0.15, 0.2) is 28.7 Å². The summed E-state index contributed by atoms with van der Waals surface area (Å²) in [5.41, 5.74) is 0.632. The molecule has 1 aromatic rings. The van der Waals surface area contributed by atoms with Gasteiger partial charge in [-0.15, -0.1) is 0 Å². The first-order valence-electron chi connectivity index (χ1n) is 6.79. The van der Waals surface area contributed by atoms with Crippen LogP contribution in [-0.2, 0) is 9.84 Å². The minimum Gasteiger partial charge on any atom is -0.294 e.